The standard InChI is InChI=1S/C24H33N3O3/c25-24(29)11-10-20-8-4-5-9-23(20)30-18-22(28)16-26-21-12-14-27(15-13-21)17-19-6-2-1-3-7-19/h1-9,21-22,26,28H,10-18H2,(H2,25,29). The van der Waals surface area contributed by atoms with E-state index < -0.39 is 6.10 Å². The van der Waals surface area contributed by atoms with Gasteiger partial charge in [-0.05, 0) is 49.5 Å². The molecule has 1 aliphatic rings. The van der Waals surface area contributed by atoms with Gasteiger partial charge in [0.15, 0.2) is 0 Å². The number of aryl methyl sites for hydroxylation is 1. The molecule has 0 bridgehead atoms. The van der Waals surface area contributed by atoms with Crippen LogP contribution in [0.3, 0.4) is 0 Å². The van der Waals surface area contributed by atoms with Crippen molar-refractivity contribution in [2.45, 2.75) is 44.4 Å². The van der Waals surface area contributed by atoms with Gasteiger partial charge in [0.1, 0.15) is 18.5 Å². The number of amides is 1. The molecular formula is C24H33N3O3. The third-order valence-corrected chi connectivity index (χ3v) is 5.52. The number of benzene rings is 2. The molecule has 0 aromatic heterocycles. The van der Waals surface area contributed by atoms with Gasteiger partial charge in [0.05, 0.1) is 0 Å². The summed E-state index contributed by atoms with van der Waals surface area (Å²) in [6.45, 7) is 3.85. The highest BCUT2D eigenvalue weighted by Crippen LogP contribution is 2.20. The van der Waals surface area contributed by atoms with Gasteiger partial charge in [-0.25, -0.2) is 0 Å². The molecule has 1 unspecified atom stereocenters. The van der Waals surface area contributed by atoms with Gasteiger partial charge in [-0.3, -0.25) is 9.69 Å². The van der Waals surface area contributed by atoms with Crippen molar-refractivity contribution in [2.75, 3.05) is 26.2 Å². The number of nitrogens with zero attached hydrogens (tertiary/aromatic N) is 1. The number of aliphatic hydroxyl groups is 1. The van der Waals surface area contributed by atoms with Gasteiger partial charge in [-0.1, -0.05) is 48.5 Å². The molecule has 2 aromatic rings. The van der Waals surface area contributed by atoms with Crippen LogP contribution in [0.2, 0.25) is 0 Å². The smallest absolute Gasteiger partial charge is 0.217 e. The lowest BCUT2D eigenvalue weighted by atomic mass is 10.0. The molecule has 2 aromatic carbocycles. The molecule has 1 heterocycles. The predicted octanol–water partition coefficient (Wildman–Crippen LogP) is 2.10. The summed E-state index contributed by atoms with van der Waals surface area (Å²) in [4.78, 5) is 13.5. The second kappa shape index (κ2) is 11.7. The maximum atomic E-state index is 11.0. The largest absolute Gasteiger partial charge is 0.491 e. The van der Waals surface area contributed by atoms with Crippen LogP contribution in [0.25, 0.3) is 0 Å². The van der Waals surface area contributed by atoms with E-state index in [1.807, 2.05) is 30.3 Å². The molecule has 6 heteroatoms. The zero-order valence-corrected chi connectivity index (χ0v) is 17.5. The summed E-state index contributed by atoms with van der Waals surface area (Å²) in [5.74, 6) is 0.371. The number of para-hydroxylation sites is 1. The highest BCUT2D eigenvalue weighted by atomic mass is 16.5. The van der Waals surface area contributed by atoms with Crippen LogP contribution < -0.4 is 15.8 Å². The minimum absolute atomic E-state index is 0.216. The normalized spacial score (nSPS) is 16.3. The van der Waals surface area contributed by atoms with E-state index in [4.69, 9.17) is 10.5 Å². The Morgan fingerprint density at radius 1 is 1.13 bits per heavy atom. The van der Waals surface area contributed by atoms with Crippen molar-refractivity contribution in [3.05, 3.63) is 65.7 Å². The number of nitrogens with two attached hydrogens (primary N) is 1. The van der Waals surface area contributed by atoms with Crippen molar-refractivity contribution in [3.63, 3.8) is 0 Å². The number of piperidine rings is 1. The lowest BCUT2D eigenvalue weighted by Gasteiger charge is -2.33. The van der Waals surface area contributed by atoms with Crippen LogP contribution in [0.5, 0.6) is 5.75 Å². The lowest BCUT2D eigenvalue weighted by Crippen LogP contribution is -2.45. The molecule has 1 atom stereocenters. The lowest BCUT2D eigenvalue weighted by molar-refractivity contribution is -0.117. The molecule has 0 spiro atoms. The van der Waals surface area contributed by atoms with Gasteiger partial charge in [-0.2, -0.15) is 0 Å². The number of rotatable bonds is 11. The van der Waals surface area contributed by atoms with E-state index in [9.17, 15) is 9.90 Å². The number of carbonyl (C=O) groups excluding carboxylic acids is 1. The first kappa shape index (κ1) is 22.3. The number of primary amides is 1. The minimum atomic E-state index is -0.587. The molecule has 1 saturated heterocycles. The van der Waals surface area contributed by atoms with Crippen LogP contribution in [0, 0.1) is 0 Å². The molecule has 4 N–H and O–H groups in total. The molecule has 1 amide bonds. The number of hydrogen-bond acceptors (Lipinski definition) is 5. The van der Waals surface area contributed by atoms with E-state index in [1.54, 1.807) is 0 Å². The number of aliphatic hydroxyl groups excluding tert-OH is 1. The Balaban J connectivity index is 1.35. The molecule has 30 heavy (non-hydrogen) atoms. The van der Waals surface area contributed by atoms with E-state index in [1.165, 1.54) is 5.56 Å². The summed E-state index contributed by atoms with van der Waals surface area (Å²) in [5, 5.41) is 13.8. The van der Waals surface area contributed by atoms with Gasteiger partial charge >= 0.3 is 0 Å². The molecule has 162 valence electrons. The average Bonchev–Trinajstić information content (AvgIpc) is 2.77. The maximum Gasteiger partial charge on any atom is 0.217 e. The van der Waals surface area contributed by atoms with Crippen molar-refractivity contribution in [1.82, 2.24) is 10.2 Å². The number of carbonyl (C=O) groups is 1. The highest BCUT2D eigenvalue weighted by molar-refractivity contribution is 5.74. The van der Waals surface area contributed by atoms with Gasteiger partial charge < -0.3 is 20.9 Å². The summed E-state index contributed by atoms with van der Waals surface area (Å²) in [6, 6.07) is 18.6. The second-order valence-electron chi connectivity index (χ2n) is 7.98. The molecule has 1 fully saturated rings. The first-order valence-corrected chi connectivity index (χ1v) is 10.8. The summed E-state index contributed by atoms with van der Waals surface area (Å²) in [7, 11) is 0. The van der Waals surface area contributed by atoms with Crippen LogP contribution in [-0.4, -0.2) is 54.3 Å². The van der Waals surface area contributed by atoms with Gasteiger partial charge in [0.2, 0.25) is 5.91 Å². The third-order valence-electron chi connectivity index (χ3n) is 5.52. The van der Waals surface area contributed by atoms with E-state index in [0.717, 1.165) is 38.0 Å². The van der Waals surface area contributed by atoms with Crippen LogP contribution in [0.15, 0.2) is 54.6 Å². The Hall–Kier alpha value is -2.41. The van der Waals surface area contributed by atoms with E-state index in [2.05, 4.69) is 34.5 Å². The third kappa shape index (κ3) is 7.44. The molecule has 6 nitrogen and oxygen atoms in total. The van der Waals surface area contributed by atoms with Gasteiger partial charge in [0, 0.05) is 25.6 Å². The summed E-state index contributed by atoms with van der Waals surface area (Å²) in [5.41, 5.74) is 7.53. The van der Waals surface area contributed by atoms with E-state index in [0.29, 0.717) is 24.8 Å². The Bertz CT molecular complexity index is 776. The predicted molar refractivity (Wildman–Crippen MR) is 118 cm³/mol. The van der Waals surface area contributed by atoms with Crippen molar-refractivity contribution < 1.29 is 14.6 Å². The molecule has 1 aliphatic heterocycles. The molecule has 0 aliphatic carbocycles. The van der Waals surface area contributed by atoms with E-state index >= 15 is 0 Å². The molecule has 0 saturated carbocycles. The first-order chi connectivity index (χ1) is 14.6. The molecular weight excluding hydrogens is 378 g/mol. The molecule has 3 rings (SSSR count). The van der Waals surface area contributed by atoms with Gasteiger partial charge in [0.25, 0.3) is 0 Å². The van der Waals surface area contributed by atoms with Crippen LogP contribution >= 0.6 is 0 Å². The Labute approximate surface area is 179 Å². The average molecular weight is 412 g/mol. The number of hydrogen-bond donors (Lipinski definition) is 3. The topological polar surface area (TPSA) is 87.8 Å². The number of likely N-dealkylation sites (tertiary alicyclic amines) is 1. The number of nitrogens with one attached hydrogen (secondary N) is 1. The first-order valence-electron chi connectivity index (χ1n) is 10.8. The number of ether oxygens (including phenoxy) is 1. The monoisotopic (exact) mass is 411 g/mol. The summed E-state index contributed by atoms with van der Waals surface area (Å²) < 4.78 is 5.80. The maximum absolute atomic E-state index is 11.0. The van der Waals surface area contributed by atoms with Crippen molar-refractivity contribution in [1.29, 1.82) is 0 Å². The fourth-order valence-corrected chi connectivity index (χ4v) is 3.79. The SMILES string of the molecule is NC(=O)CCc1ccccc1OCC(O)CNC1CCN(Cc2ccccc2)CC1. The van der Waals surface area contributed by atoms with Gasteiger partial charge in [-0.15, -0.1) is 0 Å². The zero-order valence-electron chi connectivity index (χ0n) is 17.5. The Morgan fingerprint density at radius 2 is 1.83 bits per heavy atom. The van der Waals surface area contributed by atoms with Crippen molar-refractivity contribution >= 4 is 5.91 Å². The van der Waals surface area contributed by atoms with Crippen LogP contribution in [-0.2, 0) is 17.8 Å². The quantitative estimate of drug-likeness (QED) is 0.527. The van der Waals surface area contributed by atoms with Crippen molar-refractivity contribution in [2.24, 2.45) is 5.73 Å². The Morgan fingerprint density at radius 3 is 2.57 bits per heavy atom. The Kier molecular flexibility index (Phi) is 8.68. The van der Waals surface area contributed by atoms with Crippen LogP contribution in [0.1, 0.15) is 30.4 Å². The summed E-state index contributed by atoms with van der Waals surface area (Å²) in [6.07, 6.45) is 2.40. The molecule has 0 radical (unpaired) electrons. The van der Waals surface area contributed by atoms with Crippen molar-refractivity contribution in [3.8, 4) is 5.75 Å². The zero-order chi connectivity index (χ0) is 21.2. The fourth-order valence-electron chi connectivity index (χ4n) is 3.79. The second-order valence-corrected chi connectivity index (χ2v) is 7.98. The van der Waals surface area contributed by atoms with E-state index in [-0.39, 0.29) is 18.9 Å². The summed E-state index contributed by atoms with van der Waals surface area (Å²) >= 11 is 0. The fraction of sp³-hybridized carbons (Fsp3) is 0.458. The highest BCUT2D eigenvalue weighted by Gasteiger charge is 2.20. The van der Waals surface area contributed by atoms with Crippen LogP contribution in [0.4, 0.5) is 0 Å². The minimum Gasteiger partial charge on any atom is -0.491 e.